The van der Waals surface area contributed by atoms with Gasteiger partial charge in [-0.25, -0.2) is 4.79 Å². The van der Waals surface area contributed by atoms with Crippen LogP contribution in [0, 0.1) is 11.3 Å². The van der Waals surface area contributed by atoms with E-state index in [9.17, 15) is 9.90 Å². The minimum absolute atomic E-state index is 0.174. The maximum Gasteiger partial charge on any atom is 0.319 e. The number of nitrogens with one attached hydrogen (secondary N) is 2. The molecule has 1 aliphatic carbocycles. The van der Waals surface area contributed by atoms with Gasteiger partial charge in [-0.15, -0.1) is 0 Å². The van der Waals surface area contributed by atoms with Crippen molar-refractivity contribution in [2.45, 2.75) is 37.8 Å². The largest absolute Gasteiger partial charge is 0.391 e. The summed E-state index contributed by atoms with van der Waals surface area (Å²) in [5.74, 6) is 0. The van der Waals surface area contributed by atoms with Crippen molar-refractivity contribution in [3.8, 4) is 6.07 Å². The highest BCUT2D eigenvalue weighted by Gasteiger charge is 2.24. The first kappa shape index (κ1) is 13.4. The summed E-state index contributed by atoms with van der Waals surface area (Å²) in [6.45, 7) is 0. The molecule has 3 N–H and O–H groups in total. The van der Waals surface area contributed by atoms with Gasteiger partial charge in [-0.1, -0.05) is 12.8 Å². The summed E-state index contributed by atoms with van der Waals surface area (Å²) >= 11 is 0. The van der Waals surface area contributed by atoms with Crippen LogP contribution in [-0.2, 0) is 0 Å². The molecule has 0 spiro atoms. The molecule has 0 heterocycles. The number of aliphatic hydroxyl groups excluding tert-OH is 1. The van der Waals surface area contributed by atoms with E-state index in [1.807, 2.05) is 6.07 Å². The average molecular weight is 259 g/mol. The summed E-state index contributed by atoms with van der Waals surface area (Å²) in [6, 6.07) is 8.16. The van der Waals surface area contributed by atoms with Crippen molar-refractivity contribution in [3.63, 3.8) is 0 Å². The molecule has 5 nitrogen and oxygen atoms in total. The molecule has 1 aliphatic rings. The number of benzene rings is 1. The minimum Gasteiger partial charge on any atom is -0.391 e. The molecule has 19 heavy (non-hydrogen) atoms. The second-order valence-electron chi connectivity index (χ2n) is 4.75. The number of nitriles is 1. The molecule has 0 unspecified atom stereocenters. The monoisotopic (exact) mass is 259 g/mol. The van der Waals surface area contributed by atoms with Crippen LogP contribution < -0.4 is 10.6 Å². The number of urea groups is 1. The molecule has 1 aromatic carbocycles. The number of carbonyl (C=O) groups excluding carboxylic acids is 1. The number of carbonyl (C=O) groups is 1. The molecule has 1 saturated carbocycles. The van der Waals surface area contributed by atoms with Crippen LogP contribution in [0.5, 0.6) is 0 Å². The highest BCUT2D eigenvalue weighted by Crippen LogP contribution is 2.18. The van der Waals surface area contributed by atoms with Crippen LogP contribution in [0.25, 0.3) is 0 Å². The number of anilines is 1. The van der Waals surface area contributed by atoms with Crippen molar-refractivity contribution in [3.05, 3.63) is 29.8 Å². The smallest absolute Gasteiger partial charge is 0.319 e. The van der Waals surface area contributed by atoms with Crippen LogP contribution in [0.1, 0.15) is 31.2 Å². The summed E-state index contributed by atoms with van der Waals surface area (Å²) in [5, 5.41) is 23.9. The molecule has 2 rings (SSSR count). The summed E-state index contributed by atoms with van der Waals surface area (Å²) in [7, 11) is 0. The van der Waals surface area contributed by atoms with Crippen molar-refractivity contribution >= 4 is 11.7 Å². The zero-order chi connectivity index (χ0) is 13.7. The Balaban J connectivity index is 1.88. The molecule has 0 aromatic heterocycles. The maximum absolute atomic E-state index is 11.8. The molecule has 1 fully saturated rings. The van der Waals surface area contributed by atoms with Gasteiger partial charge in [0.2, 0.25) is 0 Å². The van der Waals surface area contributed by atoms with Crippen LogP contribution in [0.15, 0.2) is 24.3 Å². The molecule has 2 amide bonds. The topological polar surface area (TPSA) is 85.2 Å². The van der Waals surface area contributed by atoms with Crippen molar-refractivity contribution in [1.82, 2.24) is 5.32 Å². The third-order valence-electron chi connectivity index (χ3n) is 3.32. The third-order valence-corrected chi connectivity index (χ3v) is 3.32. The van der Waals surface area contributed by atoms with E-state index in [0.29, 0.717) is 11.3 Å². The lowest BCUT2D eigenvalue weighted by atomic mass is 9.93. The van der Waals surface area contributed by atoms with Gasteiger partial charge in [0.25, 0.3) is 0 Å². The van der Waals surface area contributed by atoms with E-state index in [-0.39, 0.29) is 12.1 Å². The SMILES string of the molecule is N#Cc1ccc(NC(=O)N[C@@H]2CCCC[C@H]2O)cc1. The molecule has 0 aliphatic heterocycles. The van der Waals surface area contributed by atoms with Crippen molar-refractivity contribution in [1.29, 1.82) is 5.26 Å². The predicted molar refractivity (Wildman–Crippen MR) is 71.6 cm³/mol. The van der Waals surface area contributed by atoms with Crippen LogP contribution >= 0.6 is 0 Å². The van der Waals surface area contributed by atoms with Crippen LogP contribution in [0.3, 0.4) is 0 Å². The second-order valence-corrected chi connectivity index (χ2v) is 4.75. The van der Waals surface area contributed by atoms with Crippen LogP contribution in [0.2, 0.25) is 0 Å². The Bertz CT molecular complexity index is 478. The molecular weight excluding hydrogens is 242 g/mol. The fraction of sp³-hybridized carbons (Fsp3) is 0.429. The van der Waals surface area contributed by atoms with E-state index in [4.69, 9.17) is 5.26 Å². The maximum atomic E-state index is 11.8. The first-order chi connectivity index (χ1) is 9.19. The van der Waals surface area contributed by atoms with E-state index < -0.39 is 6.10 Å². The first-order valence-electron chi connectivity index (χ1n) is 6.45. The molecule has 0 bridgehead atoms. The Morgan fingerprint density at radius 2 is 1.95 bits per heavy atom. The average Bonchev–Trinajstić information content (AvgIpc) is 2.42. The normalized spacial score (nSPS) is 22.3. The van der Waals surface area contributed by atoms with Crippen molar-refractivity contribution in [2.75, 3.05) is 5.32 Å². The van der Waals surface area contributed by atoms with Gasteiger partial charge < -0.3 is 15.7 Å². The minimum atomic E-state index is -0.458. The molecule has 1 aromatic rings. The number of aliphatic hydroxyl groups is 1. The summed E-state index contributed by atoms with van der Waals surface area (Å²) in [6.07, 6.45) is 3.12. The predicted octanol–water partition coefficient (Wildman–Crippen LogP) is 1.98. The molecule has 2 atom stereocenters. The van der Waals surface area contributed by atoms with E-state index in [1.54, 1.807) is 24.3 Å². The Kier molecular flexibility index (Phi) is 4.37. The number of rotatable bonds is 2. The van der Waals surface area contributed by atoms with Gasteiger partial charge >= 0.3 is 6.03 Å². The lowest BCUT2D eigenvalue weighted by Gasteiger charge is -2.28. The van der Waals surface area contributed by atoms with E-state index >= 15 is 0 Å². The fourth-order valence-electron chi connectivity index (χ4n) is 2.24. The molecular formula is C14H17N3O2. The number of amides is 2. The molecule has 0 saturated heterocycles. The number of hydrogen-bond acceptors (Lipinski definition) is 3. The lowest BCUT2D eigenvalue weighted by Crippen LogP contribution is -2.46. The summed E-state index contributed by atoms with van der Waals surface area (Å²) in [5.41, 5.74) is 1.18. The van der Waals surface area contributed by atoms with Crippen LogP contribution in [-0.4, -0.2) is 23.3 Å². The van der Waals surface area contributed by atoms with Gasteiger partial charge in [-0.3, -0.25) is 0 Å². The molecule has 5 heteroatoms. The van der Waals surface area contributed by atoms with Gasteiger partial charge in [-0.2, -0.15) is 5.26 Å². The van der Waals surface area contributed by atoms with Crippen molar-refractivity contribution in [2.24, 2.45) is 0 Å². The van der Waals surface area contributed by atoms with E-state index in [2.05, 4.69) is 10.6 Å². The van der Waals surface area contributed by atoms with Gasteiger partial charge in [0.15, 0.2) is 0 Å². The van der Waals surface area contributed by atoms with Crippen LogP contribution in [0.4, 0.5) is 10.5 Å². The fourth-order valence-corrected chi connectivity index (χ4v) is 2.24. The summed E-state index contributed by atoms with van der Waals surface area (Å²) < 4.78 is 0. The quantitative estimate of drug-likeness (QED) is 0.759. The Morgan fingerprint density at radius 3 is 2.58 bits per heavy atom. The van der Waals surface area contributed by atoms with Gasteiger partial charge in [0.05, 0.1) is 23.8 Å². The summed E-state index contributed by atoms with van der Waals surface area (Å²) in [4.78, 5) is 11.8. The van der Waals surface area contributed by atoms with Crippen molar-refractivity contribution < 1.29 is 9.90 Å². The zero-order valence-corrected chi connectivity index (χ0v) is 10.6. The first-order valence-corrected chi connectivity index (χ1v) is 6.45. The van der Waals surface area contributed by atoms with Gasteiger partial charge in [0, 0.05) is 5.69 Å². The number of hydrogen-bond donors (Lipinski definition) is 3. The second kappa shape index (κ2) is 6.21. The van der Waals surface area contributed by atoms with Gasteiger partial charge in [-0.05, 0) is 37.1 Å². The lowest BCUT2D eigenvalue weighted by molar-refractivity contribution is 0.0955. The van der Waals surface area contributed by atoms with Gasteiger partial charge in [0.1, 0.15) is 0 Å². The molecule has 0 radical (unpaired) electrons. The Morgan fingerprint density at radius 1 is 1.26 bits per heavy atom. The van der Waals surface area contributed by atoms with E-state index in [0.717, 1.165) is 25.7 Å². The number of nitrogens with zero attached hydrogens (tertiary/aromatic N) is 1. The highest BCUT2D eigenvalue weighted by molar-refractivity contribution is 5.89. The highest BCUT2D eigenvalue weighted by atomic mass is 16.3. The Labute approximate surface area is 112 Å². The third kappa shape index (κ3) is 3.70. The zero-order valence-electron chi connectivity index (χ0n) is 10.6. The molecule has 100 valence electrons. The Hall–Kier alpha value is -2.06. The van der Waals surface area contributed by atoms with E-state index in [1.165, 1.54) is 0 Å². The standard InChI is InChI=1S/C14H17N3O2/c15-9-10-5-7-11(8-6-10)16-14(19)17-12-3-1-2-4-13(12)18/h5-8,12-13,18H,1-4H2,(H2,16,17,19)/t12-,13-/m1/s1.